The van der Waals surface area contributed by atoms with Crippen LogP contribution in [0.25, 0.3) is 0 Å². The molecule has 1 amide bonds. The lowest BCUT2D eigenvalue weighted by atomic mass is 10.1. The van der Waals surface area contributed by atoms with Crippen molar-refractivity contribution in [3.63, 3.8) is 0 Å². The largest absolute Gasteiger partial charge is 0.396 e. The zero-order valence-electron chi connectivity index (χ0n) is 10.3. The van der Waals surface area contributed by atoms with Gasteiger partial charge < -0.3 is 10.4 Å². The van der Waals surface area contributed by atoms with Crippen molar-refractivity contribution in [3.8, 4) is 0 Å². The van der Waals surface area contributed by atoms with Crippen LogP contribution >= 0.6 is 11.8 Å². The summed E-state index contributed by atoms with van der Waals surface area (Å²) < 4.78 is 0. The Morgan fingerprint density at radius 1 is 1.35 bits per heavy atom. The minimum absolute atomic E-state index is 0.0265. The van der Waals surface area contributed by atoms with Gasteiger partial charge in [0.2, 0.25) is 5.91 Å². The minimum Gasteiger partial charge on any atom is -0.396 e. The number of hydrogen-bond donors (Lipinski definition) is 2. The van der Waals surface area contributed by atoms with Gasteiger partial charge in [-0.3, -0.25) is 4.79 Å². The lowest BCUT2D eigenvalue weighted by Gasteiger charge is -2.07. The van der Waals surface area contributed by atoms with Crippen LogP contribution in [0.2, 0.25) is 0 Å². The van der Waals surface area contributed by atoms with Crippen LogP contribution in [0.5, 0.6) is 0 Å². The normalized spacial score (nSPS) is 10.6. The predicted octanol–water partition coefficient (Wildman–Crippen LogP) is 2.30. The number of nitrogens with one attached hydrogen (secondary N) is 1. The minimum atomic E-state index is 0.0265. The van der Waals surface area contributed by atoms with Gasteiger partial charge in [0.05, 0.1) is 5.75 Å². The first-order valence-electron chi connectivity index (χ1n) is 5.73. The van der Waals surface area contributed by atoms with E-state index in [0.717, 1.165) is 11.3 Å². The predicted molar refractivity (Wildman–Crippen MR) is 73.5 cm³/mol. The zero-order valence-corrected chi connectivity index (χ0v) is 11.1. The molecule has 0 unspecified atom stereocenters. The number of amides is 1. The van der Waals surface area contributed by atoms with Gasteiger partial charge in [-0.05, 0) is 29.4 Å². The maximum absolute atomic E-state index is 11.6. The molecule has 0 aliphatic heterocycles. The molecule has 0 radical (unpaired) electrons. The van der Waals surface area contributed by atoms with E-state index in [2.05, 4.69) is 19.2 Å². The molecule has 1 aromatic rings. The maximum Gasteiger partial charge on any atom is 0.234 e. The van der Waals surface area contributed by atoms with Crippen LogP contribution in [-0.4, -0.2) is 28.6 Å². The molecule has 0 fully saturated rings. The summed E-state index contributed by atoms with van der Waals surface area (Å²) in [5.41, 5.74) is 1.88. The second kappa shape index (κ2) is 7.35. The van der Waals surface area contributed by atoms with Gasteiger partial charge in [-0.2, -0.15) is 0 Å². The van der Waals surface area contributed by atoms with E-state index in [0.29, 0.717) is 17.4 Å². The van der Waals surface area contributed by atoms with E-state index < -0.39 is 0 Å². The monoisotopic (exact) mass is 253 g/mol. The summed E-state index contributed by atoms with van der Waals surface area (Å²) in [5, 5.41) is 12.1. The number of aliphatic hydroxyl groups is 1. The number of rotatable bonds is 6. The first-order valence-corrected chi connectivity index (χ1v) is 6.78. The van der Waals surface area contributed by atoms with Crippen molar-refractivity contribution in [2.45, 2.75) is 25.5 Å². The van der Waals surface area contributed by atoms with Crippen molar-refractivity contribution in [2.75, 3.05) is 17.7 Å². The van der Waals surface area contributed by atoms with Gasteiger partial charge in [0, 0.05) is 12.3 Å². The average molecular weight is 253 g/mol. The van der Waals surface area contributed by atoms with Crippen molar-refractivity contribution in [1.29, 1.82) is 0 Å². The van der Waals surface area contributed by atoms with Gasteiger partial charge in [-0.25, -0.2) is 0 Å². The summed E-state index contributed by atoms with van der Waals surface area (Å²) in [7, 11) is 0. The third-order valence-corrected chi connectivity index (χ3v) is 3.28. The second-order valence-corrected chi connectivity index (χ2v) is 5.64. The Morgan fingerprint density at radius 3 is 2.53 bits per heavy atom. The Balaban J connectivity index is 2.43. The molecule has 0 aliphatic rings. The number of hydrogen-bond acceptors (Lipinski definition) is 3. The second-order valence-electron chi connectivity index (χ2n) is 4.08. The van der Waals surface area contributed by atoms with Crippen molar-refractivity contribution < 1.29 is 9.90 Å². The lowest BCUT2D eigenvalue weighted by molar-refractivity contribution is -0.113. The summed E-state index contributed by atoms with van der Waals surface area (Å²) in [4.78, 5) is 11.6. The summed E-state index contributed by atoms with van der Waals surface area (Å²) in [6.45, 7) is 4.29. The molecule has 94 valence electrons. The Bertz CT molecular complexity index is 349. The first kappa shape index (κ1) is 14.1. The first-order chi connectivity index (χ1) is 8.11. The van der Waals surface area contributed by atoms with Gasteiger partial charge in [-0.15, -0.1) is 11.8 Å². The molecule has 1 aromatic carbocycles. The van der Waals surface area contributed by atoms with E-state index in [9.17, 15) is 4.79 Å². The Morgan fingerprint density at radius 2 is 2.00 bits per heavy atom. The molecule has 3 nitrogen and oxygen atoms in total. The molecule has 17 heavy (non-hydrogen) atoms. The number of thioether (sulfide) groups is 1. The Kier molecular flexibility index (Phi) is 6.08. The molecule has 0 bridgehead atoms. The SMILES string of the molecule is CC(C)SCC(=O)Nc1ccc(CCO)cc1. The number of carbonyl (C=O) groups excluding carboxylic acids is 1. The molecule has 4 heteroatoms. The molecule has 2 N–H and O–H groups in total. The highest BCUT2D eigenvalue weighted by atomic mass is 32.2. The van der Waals surface area contributed by atoms with Crippen LogP contribution in [0.3, 0.4) is 0 Å². The van der Waals surface area contributed by atoms with Crippen LogP contribution in [-0.2, 0) is 11.2 Å². The number of carbonyl (C=O) groups is 1. The summed E-state index contributed by atoms with van der Waals surface area (Å²) in [6.07, 6.45) is 0.650. The van der Waals surface area contributed by atoms with E-state index in [-0.39, 0.29) is 12.5 Å². The van der Waals surface area contributed by atoms with Gasteiger partial charge in [0.1, 0.15) is 0 Å². The highest BCUT2D eigenvalue weighted by molar-refractivity contribution is 8.00. The van der Waals surface area contributed by atoms with Crippen LogP contribution < -0.4 is 5.32 Å². The molecule has 0 atom stereocenters. The van der Waals surface area contributed by atoms with Gasteiger partial charge in [-0.1, -0.05) is 26.0 Å². The Hall–Kier alpha value is -1.00. The quantitative estimate of drug-likeness (QED) is 0.818. The molecule has 0 spiro atoms. The van der Waals surface area contributed by atoms with Gasteiger partial charge >= 0.3 is 0 Å². The average Bonchev–Trinajstić information content (AvgIpc) is 2.29. The van der Waals surface area contributed by atoms with E-state index in [4.69, 9.17) is 5.11 Å². The third kappa shape index (κ3) is 5.75. The van der Waals surface area contributed by atoms with E-state index in [1.807, 2.05) is 24.3 Å². The van der Waals surface area contributed by atoms with E-state index in [1.54, 1.807) is 11.8 Å². The van der Waals surface area contributed by atoms with Crippen molar-refractivity contribution >= 4 is 23.4 Å². The van der Waals surface area contributed by atoms with Crippen LogP contribution in [0.1, 0.15) is 19.4 Å². The summed E-state index contributed by atoms with van der Waals surface area (Å²) >= 11 is 1.62. The standard InChI is InChI=1S/C13H19NO2S/c1-10(2)17-9-13(16)14-12-5-3-11(4-6-12)7-8-15/h3-6,10,15H,7-9H2,1-2H3,(H,14,16). The molecule has 0 aromatic heterocycles. The maximum atomic E-state index is 11.6. The Labute approximate surface area is 107 Å². The zero-order chi connectivity index (χ0) is 12.7. The third-order valence-electron chi connectivity index (χ3n) is 2.19. The lowest BCUT2D eigenvalue weighted by Crippen LogP contribution is -2.15. The fourth-order valence-corrected chi connectivity index (χ4v) is 1.88. The van der Waals surface area contributed by atoms with Gasteiger partial charge in [0.15, 0.2) is 0 Å². The highest BCUT2D eigenvalue weighted by Gasteiger charge is 2.04. The molecule has 1 rings (SSSR count). The van der Waals surface area contributed by atoms with Crippen LogP contribution in [0.15, 0.2) is 24.3 Å². The van der Waals surface area contributed by atoms with E-state index in [1.165, 1.54) is 0 Å². The smallest absolute Gasteiger partial charge is 0.234 e. The number of anilines is 1. The highest BCUT2D eigenvalue weighted by Crippen LogP contribution is 2.12. The van der Waals surface area contributed by atoms with E-state index >= 15 is 0 Å². The van der Waals surface area contributed by atoms with Crippen molar-refractivity contribution in [3.05, 3.63) is 29.8 Å². The van der Waals surface area contributed by atoms with Crippen molar-refractivity contribution in [1.82, 2.24) is 0 Å². The topological polar surface area (TPSA) is 49.3 Å². The molecular formula is C13H19NO2S. The number of aliphatic hydroxyl groups excluding tert-OH is 1. The van der Waals surface area contributed by atoms with Crippen molar-refractivity contribution in [2.24, 2.45) is 0 Å². The van der Waals surface area contributed by atoms with Gasteiger partial charge in [0.25, 0.3) is 0 Å². The summed E-state index contributed by atoms with van der Waals surface area (Å²) in [6, 6.07) is 7.56. The summed E-state index contributed by atoms with van der Waals surface area (Å²) in [5.74, 6) is 0.509. The number of benzene rings is 1. The fraction of sp³-hybridized carbons (Fsp3) is 0.462. The van der Waals surface area contributed by atoms with Crippen LogP contribution in [0, 0.1) is 0 Å². The van der Waals surface area contributed by atoms with Crippen LogP contribution in [0.4, 0.5) is 5.69 Å². The molecule has 0 saturated heterocycles. The molecule has 0 saturated carbocycles. The molecule has 0 aliphatic carbocycles. The molecule has 0 heterocycles. The molecular weight excluding hydrogens is 234 g/mol. The fourth-order valence-electron chi connectivity index (χ4n) is 1.32.